The maximum Gasteiger partial charge on any atom is 0.308 e. The van der Waals surface area contributed by atoms with Gasteiger partial charge in [-0.05, 0) is 5.56 Å². The molecule has 3 heteroatoms. The number of hydrogen-bond acceptors (Lipinski definition) is 3. The average molecular weight is 244 g/mol. The van der Waals surface area contributed by atoms with E-state index in [4.69, 9.17) is 9.47 Å². The molecule has 2 heterocycles. The summed E-state index contributed by atoms with van der Waals surface area (Å²) in [5, 5.41) is 0. The third kappa shape index (κ3) is 2.62. The van der Waals surface area contributed by atoms with Crippen LogP contribution in [0.25, 0.3) is 6.08 Å². The van der Waals surface area contributed by atoms with Crippen LogP contribution >= 0.6 is 0 Å². The first-order chi connectivity index (χ1) is 8.79. The van der Waals surface area contributed by atoms with Gasteiger partial charge in [0.2, 0.25) is 0 Å². The van der Waals surface area contributed by atoms with Gasteiger partial charge in [-0.1, -0.05) is 42.5 Å². The molecule has 0 aliphatic carbocycles. The number of rotatable bonds is 2. The summed E-state index contributed by atoms with van der Waals surface area (Å²) in [6, 6.07) is 10.1. The molecule has 0 unspecified atom stereocenters. The number of carbonyl (C=O) groups is 1. The van der Waals surface area contributed by atoms with Crippen LogP contribution in [-0.4, -0.2) is 24.3 Å². The lowest BCUT2D eigenvalue weighted by Crippen LogP contribution is -2.43. The Labute approximate surface area is 106 Å². The second-order valence-corrected chi connectivity index (χ2v) is 4.85. The lowest BCUT2D eigenvalue weighted by atomic mass is 9.96. The van der Waals surface area contributed by atoms with Gasteiger partial charge in [0.25, 0.3) is 0 Å². The monoisotopic (exact) mass is 244 g/mol. The van der Waals surface area contributed by atoms with E-state index in [0.717, 1.165) is 18.4 Å². The first-order valence-corrected chi connectivity index (χ1v) is 6.38. The number of fused-ring (bicyclic) bond motifs is 2. The van der Waals surface area contributed by atoms with Gasteiger partial charge in [0.05, 0.1) is 18.6 Å². The highest BCUT2D eigenvalue weighted by molar-refractivity contribution is 5.71. The lowest BCUT2D eigenvalue weighted by molar-refractivity contribution is -0.179. The minimum absolute atomic E-state index is 0.0374. The largest absolute Gasteiger partial charge is 0.462 e. The van der Waals surface area contributed by atoms with Gasteiger partial charge < -0.3 is 9.47 Å². The summed E-state index contributed by atoms with van der Waals surface area (Å²) in [4.78, 5) is 11.2. The van der Waals surface area contributed by atoms with Crippen LogP contribution in [0.5, 0.6) is 0 Å². The summed E-state index contributed by atoms with van der Waals surface area (Å²) in [6.07, 6.45) is 6.27. The Balaban J connectivity index is 1.65. The van der Waals surface area contributed by atoms with Gasteiger partial charge in [-0.3, -0.25) is 4.79 Å². The van der Waals surface area contributed by atoms with E-state index in [9.17, 15) is 4.79 Å². The first-order valence-electron chi connectivity index (χ1n) is 6.38. The van der Waals surface area contributed by atoms with E-state index in [1.54, 1.807) is 0 Å². The smallest absolute Gasteiger partial charge is 0.308 e. The standard InChI is InChI=1S/C15H16O3/c16-15-10-14-9-13(18-15)8-12(17-14)7-6-11-4-2-1-3-5-11/h1-7,12-14H,8-10H2/t12-,13-,14+/m0/s1. The molecule has 0 spiro atoms. The van der Waals surface area contributed by atoms with Gasteiger partial charge in [-0.2, -0.15) is 0 Å². The van der Waals surface area contributed by atoms with E-state index in [1.807, 2.05) is 18.2 Å². The Bertz CT molecular complexity index is 436. The van der Waals surface area contributed by atoms with Crippen LogP contribution in [0.1, 0.15) is 24.8 Å². The zero-order valence-electron chi connectivity index (χ0n) is 10.1. The van der Waals surface area contributed by atoms with Crippen LogP contribution in [0.4, 0.5) is 0 Å². The molecule has 3 nitrogen and oxygen atoms in total. The van der Waals surface area contributed by atoms with Crippen LogP contribution in [0, 0.1) is 0 Å². The molecule has 0 amide bonds. The molecule has 0 aromatic heterocycles. The van der Waals surface area contributed by atoms with Crippen molar-refractivity contribution in [2.75, 3.05) is 0 Å². The van der Waals surface area contributed by atoms with Gasteiger partial charge in [-0.25, -0.2) is 0 Å². The zero-order valence-corrected chi connectivity index (χ0v) is 10.1. The summed E-state index contributed by atoms with van der Waals surface area (Å²) in [5.74, 6) is -0.123. The zero-order chi connectivity index (χ0) is 12.4. The molecule has 0 N–H and O–H groups in total. The van der Waals surface area contributed by atoms with E-state index in [0.29, 0.717) is 6.42 Å². The normalized spacial score (nSPS) is 31.3. The third-order valence-electron chi connectivity index (χ3n) is 3.38. The summed E-state index contributed by atoms with van der Waals surface area (Å²) >= 11 is 0. The maximum absolute atomic E-state index is 11.2. The van der Waals surface area contributed by atoms with E-state index in [-0.39, 0.29) is 24.3 Å². The molecule has 0 radical (unpaired) electrons. The minimum Gasteiger partial charge on any atom is -0.462 e. The molecule has 2 fully saturated rings. The van der Waals surface area contributed by atoms with Crippen molar-refractivity contribution in [3.63, 3.8) is 0 Å². The third-order valence-corrected chi connectivity index (χ3v) is 3.38. The van der Waals surface area contributed by atoms with Gasteiger partial charge in [0.15, 0.2) is 0 Å². The van der Waals surface area contributed by atoms with E-state index < -0.39 is 0 Å². The molecule has 2 saturated heterocycles. The van der Waals surface area contributed by atoms with Crippen molar-refractivity contribution in [1.29, 1.82) is 0 Å². The van der Waals surface area contributed by atoms with Crippen molar-refractivity contribution >= 4 is 12.0 Å². The van der Waals surface area contributed by atoms with E-state index in [1.165, 1.54) is 0 Å². The number of hydrogen-bond donors (Lipinski definition) is 0. The summed E-state index contributed by atoms with van der Waals surface area (Å²) < 4.78 is 11.1. The molecule has 0 saturated carbocycles. The topological polar surface area (TPSA) is 35.5 Å². The van der Waals surface area contributed by atoms with Crippen LogP contribution < -0.4 is 0 Å². The van der Waals surface area contributed by atoms with Gasteiger partial charge in [0.1, 0.15) is 6.10 Å². The number of ether oxygens (including phenoxy) is 2. The molecule has 94 valence electrons. The Morgan fingerprint density at radius 1 is 1.11 bits per heavy atom. The van der Waals surface area contributed by atoms with Crippen molar-refractivity contribution in [2.45, 2.75) is 37.6 Å². The summed E-state index contributed by atoms with van der Waals surface area (Å²) in [6.45, 7) is 0. The quantitative estimate of drug-likeness (QED) is 0.750. The summed E-state index contributed by atoms with van der Waals surface area (Å²) in [5.41, 5.74) is 1.16. The second kappa shape index (κ2) is 4.94. The fourth-order valence-corrected chi connectivity index (χ4v) is 2.56. The fourth-order valence-electron chi connectivity index (χ4n) is 2.56. The van der Waals surface area contributed by atoms with Crippen LogP contribution in [0.3, 0.4) is 0 Å². The lowest BCUT2D eigenvalue weighted by Gasteiger charge is -2.37. The van der Waals surface area contributed by atoms with Crippen molar-refractivity contribution < 1.29 is 14.3 Å². The average Bonchev–Trinajstić information content (AvgIpc) is 2.36. The second-order valence-electron chi connectivity index (χ2n) is 4.85. The molecule has 3 atom stereocenters. The number of esters is 1. The highest BCUT2D eigenvalue weighted by Gasteiger charge is 2.36. The highest BCUT2D eigenvalue weighted by Crippen LogP contribution is 2.29. The highest BCUT2D eigenvalue weighted by atomic mass is 16.6. The molecule has 2 bridgehead atoms. The Kier molecular flexibility index (Phi) is 3.15. The summed E-state index contributed by atoms with van der Waals surface area (Å²) in [7, 11) is 0. The van der Waals surface area contributed by atoms with Crippen molar-refractivity contribution in [1.82, 2.24) is 0 Å². The molecule has 1 aromatic rings. The predicted molar refractivity (Wildman–Crippen MR) is 67.9 cm³/mol. The predicted octanol–water partition coefficient (Wildman–Crippen LogP) is 2.56. The molecule has 1 aromatic carbocycles. The van der Waals surface area contributed by atoms with Crippen molar-refractivity contribution in [3.8, 4) is 0 Å². The Morgan fingerprint density at radius 2 is 1.94 bits per heavy atom. The number of carbonyl (C=O) groups excluding carboxylic acids is 1. The fraction of sp³-hybridized carbons (Fsp3) is 0.400. The molecule has 2 aliphatic heterocycles. The van der Waals surface area contributed by atoms with Crippen molar-refractivity contribution in [3.05, 3.63) is 42.0 Å². The van der Waals surface area contributed by atoms with E-state index in [2.05, 4.69) is 24.3 Å². The van der Waals surface area contributed by atoms with Crippen molar-refractivity contribution in [2.24, 2.45) is 0 Å². The molecular formula is C15H16O3. The van der Waals surface area contributed by atoms with Gasteiger partial charge in [-0.15, -0.1) is 0 Å². The van der Waals surface area contributed by atoms with Crippen LogP contribution in [-0.2, 0) is 14.3 Å². The van der Waals surface area contributed by atoms with Gasteiger partial charge >= 0.3 is 5.97 Å². The van der Waals surface area contributed by atoms with Crippen LogP contribution in [0.15, 0.2) is 36.4 Å². The Morgan fingerprint density at radius 3 is 2.72 bits per heavy atom. The molecular weight excluding hydrogens is 228 g/mol. The van der Waals surface area contributed by atoms with Crippen LogP contribution in [0.2, 0.25) is 0 Å². The molecule has 18 heavy (non-hydrogen) atoms. The molecule has 3 rings (SSSR count). The van der Waals surface area contributed by atoms with E-state index >= 15 is 0 Å². The Hall–Kier alpha value is -1.61. The maximum atomic E-state index is 11.2. The van der Waals surface area contributed by atoms with Gasteiger partial charge in [0, 0.05) is 12.8 Å². The first kappa shape index (κ1) is 11.5. The molecule has 2 aliphatic rings. The number of benzene rings is 1. The minimum atomic E-state index is -0.123. The SMILES string of the molecule is O=C1C[C@H]2C[C@H](C[C@H](C=Cc3ccccc3)O2)O1.